The minimum absolute atomic E-state index is 1.01. The smallest absolute Gasteiger partial charge is 0.0723 e. The highest BCUT2D eigenvalue weighted by Crippen LogP contribution is 2.49. The minimum atomic E-state index is 1.01. The lowest BCUT2D eigenvalue weighted by molar-refractivity contribution is 1.18. The molecule has 0 radical (unpaired) electrons. The summed E-state index contributed by atoms with van der Waals surface area (Å²) in [5, 5.41) is 6.33. The first-order chi connectivity index (χ1) is 19.3. The van der Waals surface area contributed by atoms with E-state index in [1.807, 2.05) is 12.3 Å². The van der Waals surface area contributed by atoms with Gasteiger partial charge in [-0.1, -0.05) is 91.0 Å². The Labute approximate surface area is 225 Å². The van der Waals surface area contributed by atoms with Crippen LogP contribution in [0.2, 0.25) is 0 Å². The predicted octanol–water partition coefficient (Wildman–Crippen LogP) is 9.80. The number of aromatic nitrogens is 2. The first-order valence-corrected chi connectivity index (χ1v) is 13.4. The molecule has 1 aliphatic carbocycles. The molecule has 2 heterocycles. The van der Waals surface area contributed by atoms with Crippen molar-refractivity contribution in [3.05, 3.63) is 134 Å². The first kappa shape index (κ1) is 20.8. The molecule has 9 rings (SSSR count). The second kappa shape index (κ2) is 7.66. The van der Waals surface area contributed by atoms with E-state index in [1.165, 1.54) is 66.0 Å². The molecule has 180 valence electrons. The van der Waals surface area contributed by atoms with Gasteiger partial charge in [-0.05, 0) is 80.6 Å². The van der Waals surface area contributed by atoms with E-state index in [2.05, 4.69) is 131 Å². The van der Waals surface area contributed by atoms with Crippen molar-refractivity contribution in [2.24, 2.45) is 0 Å². The molecule has 1 aliphatic rings. The lowest BCUT2D eigenvalue weighted by Crippen LogP contribution is -1.95. The molecule has 2 heteroatoms. The summed E-state index contributed by atoms with van der Waals surface area (Å²) < 4.78 is 2.39. The molecular weight excluding hydrogens is 472 g/mol. The third kappa shape index (κ3) is 2.83. The van der Waals surface area contributed by atoms with E-state index in [0.29, 0.717) is 0 Å². The van der Waals surface area contributed by atoms with Crippen LogP contribution in [0.5, 0.6) is 0 Å². The standard InChI is InChI=1S/C37H22N2/c1-2-12-28-27(11-1)31-15-6-14-30-26(17-18-32(28)37(30)31)23-8-5-10-25(20-23)39-35-16-4-3-13-29(35)33-21-24-9-7-19-38-34(24)22-36(33)39/h1-22H. The highest BCUT2D eigenvalue weighted by atomic mass is 15.0. The maximum Gasteiger partial charge on any atom is 0.0723 e. The van der Waals surface area contributed by atoms with Gasteiger partial charge in [-0.3, -0.25) is 4.98 Å². The molecule has 2 aromatic heterocycles. The third-order valence-electron chi connectivity index (χ3n) is 8.36. The number of rotatable bonds is 2. The molecule has 8 aromatic rings. The zero-order valence-corrected chi connectivity index (χ0v) is 21.1. The van der Waals surface area contributed by atoms with Gasteiger partial charge < -0.3 is 4.57 Å². The Morgan fingerprint density at radius 1 is 0.462 bits per heavy atom. The van der Waals surface area contributed by atoms with Gasteiger partial charge in [0.05, 0.1) is 16.6 Å². The summed E-state index contributed by atoms with van der Waals surface area (Å²) in [6.07, 6.45) is 1.87. The molecule has 0 amide bonds. The molecule has 0 unspecified atom stereocenters. The van der Waals surface area contributed by atoms with Gasteiger partial charge in [0.2, 0.25) is 0 Å². The molecule has 0 saturated heterocycles. The topological polar surface area (TPSA) is 17.8 Å². The van der Waals surface area contributed by atoms with Crippen LogP contribution in [0.1, 0.15) is 0 Å². The van der Waals surface area contributed by atoms with Crippen molar-refractivity contribution in [2.45, 2.75) is 0 Å². The van der Waals surface area contributed by atoms with Crippen LogP contribution >= 0.6 is 0 Å². The zero-order chi connectivity index (χ0) is 25.5. The van der Waals surface area contributed by atoms with Crippen molar-refractivity contribution in [1.82, 2.24) is 9.55 Å². The first-order valence-electron chi connectivity index (χ1n) is 13.4. The summed E-state index contributed by atoms with van der Waals surface area (Å²) in [6.45, 7) is 0. The van der Waals surface area contributed by atoms with Gasteiger partial charge >= 0.3 is 0 Å². The second-order valence-corrected chi connectivity index (χ2v) is 10.4. The minimum Gasteiger partial charge on any atom is -0.309 e. The van der Waals surface area contributed by atoms with Crippen LogP contribution in [-0.2, 0) is 0 Å². The normalized spacial score (nSPS) is 12.1. The number of nitrogens with zero attached hydrogens (tertiary/aromatic N) is 2. The second-order valence-electron chi connectivity index (χ2n) is 10.4. The Balaban J connectivity index is 1.30. The van der Waals surface area contributed by atoms with Gasteiger partial charge in [0.1, 0.15) is 0 Å². The monoisotopic (exact) mass is 494 g/mol. The summed E-state index contributed by atoms with van der Waals surface area (Å²) in [6, 6.07) is 46.4. The van der Waals surface area contributed by atoms with Crippen LogP contribution in [0.4, 0.5) is 0 Å². The van der Waals surface area contributed by atoms with E-state index in [4.69, 9.17) is 0 Å². The van der Waals surface area contributed by atoms with Crippen LogP contribution in [-0.4, -0.2) is 9.55 Å². The van der Waals surface area contributed by atoms with Crippen molar-refractivity contribution in [1.29, 1.82) is 0 Å². The highest BCUT2D eigenvalue weighted by Gasteiger charge is 2.22. The van der Waals surface area contributed by atoms with Crippen molar-refractivity contribution in [2.75, 3.05) is 0 Å². The van der Waals surface area contributed by atoms with E-state index in [0.717, 1.165) is 16.6 Å². The Kier molecular flexibility index (Phi) is 4.08. The highest BCUT2D eigenvalue weighted by molar-refractivity contribution is 6.19. The SMILES string of the molecule is c1cc(-c2ccc3c4c(cccc24)-c2ccccc2-3)cc(-n2c3ccccc3c3cc4cccnc4cc32)c1. The Morgan fingerprint density at radius 3 is 2.13 bits per heavy atom. The average molecular weight is 495 g/mol. The summed E-state index contributed by atoms with van der Waals surface area (Å²) >= 11 is 0. The van der Waals surface area contributed by atoms with Crippen LogP contribution in [0.15, 0.2) is 134 Å². The Bertz CT molecular complexity index is 2260. The number of hydrogen-bond acceptors (Lipinski definition) is 1. The average Bonchev–Trinajstić information content (AvgIpc) is 3.50. The number of hydrogen-bond donors (Lipinski definition) is 0. The Hall–Kier alpha value is -5.21. The van der Waals surface area contributed by atoms with E-state index >= 15 is 0 Å². The number of fused-ring (bicyclic) bond motifs is 7. The van der Waals surface area contributed by atoms with Gasteiger partial charge in [-0.25, -0.2) is 0 Å². The Morgan fingerprint density at radius 2 is 1.21 bits per heavy atom. The fourth-order valence-electron chi connectivity index (χ4n) is 6.69. The summed E-state index contributed by atoms with van der Waals surface area (Å²) in [5.74, 6) is 0. The van der Waals surface area contributed by atoms with Crippen molar-refractivity contribution < 1.29 is 0 Å². The van der Waals surface area contributed by atoms with Gasteiger partial charge in [0, 0.05) is 28.0 Å². The predicted molar refractivity (Wildman–Crippen MR) is 163 cm³/mol. The fourth-order valence-corrected chi connectivity index (χ4v) is 6.69. The molecule has 6 aromatic carbocycles. The molecule has 39 heavy (non-hydrogen) atoms. The molecule has 0 saturated carbocycles. The summed E-state index contributed by atoms with van der Waals surface area (Å²) in [5.41, 5.74) is 12.3. The van der Waals surface area contributed by atoms with Gasteiger partial charge in [-0.2, -0.15) is 0 Å². The van der Waals surface area contributed by atoms with Crippen LogP contribution in [0, 0.1) is 0 Å². The van der Waals surface area contributed by atoms with Crippen LogP contribution in [0.3, 0.4) is 0 Å². The van der Waals surface area contributed by atoms with Gasteiger partial charge in [0.25, 0.3) is 0 Å². The van der Waals surface area contributed by atoms with E-state index < -0.39 is 0 Å². The number of pyridine rings is 1. The van der Waals surface area contributed by atoms with Crippen LogP contribution in [0.25, 0.3) is 82.5 Å². The quantitative estimate of drug-likeness (QED) is 0.234. The molecule has 0 spiro atoms. The molecule has 2 nitrogen and oxygen atoms in total. The molecular formula is C37H22N2. The molecule has 0 N–H and O–H groups in total. The lowest BCUT2D eigenvalue weighted by Gasteiger charge is -2.13. The van der Waals surface area contributed by atoms with Crippen LogP contribution < -0.4 is 0 Å². The van der Waals surface area contributed by atoms with Crippen molar-refractivity contribution in [3.63, 3.8) is 0 Å². The largest absolute Gasteiger partial charge is 0.309 e. The third-order valence-corrected chi connectivity index (χ3v) is 8.36. The maximum absolute atomic E-state index is 4.66. The fraction of sp³-hybridized carbons (Fsp3) is 0. The van der Waals surface area contributed by atoms with Gasteiger partial charge in [0.15, 0.2) is 0 Å². The lowest BCUT2D eigenvalue weighted by atomic mass is 9.94. The number of para-hydroxylation sites is 1. The van der Waals surface area contributed by atoms with E-state index in [1.54, 1.807) is 0 Å². The van der Waals surface area contributed by atoms with E-state index in [9.17, 15) is 0 Å². The maximum atomic E-state index is 4.66. The van der Waals surface area contributed by atoms with E-state index in [-0.39, 0.29) is 0 Å². The summed E-state index contributed by atoms with van der Waals surface area (Å²) in [7, 11) is 0. The molecule has 0 bridgehead atoms. The van der Waals surface area contributed by atoms with Crippen molar-refractivity contribution in [3.8, 4) is 39.1 Å². The molecule has 0 aliphatic heterocycles. The molecule has 0 atom stereocenters. The zero-order valence-electron chi connectivity index (χ0n) is 21.1. The number of benzene rings is 6. The summed E-state index contributed by atoms with van der Waals surface area (Å²) in [4.78, 5) is 4.66. The van der Waals surface area contributed by atoms with Crippen molar-refractivity contribution >= 4 is 43.5 Å². The van der Waals surface area contributed by atoms with Gasteiger partial charge in [-0.15, -0.1) is 0 Å². The molecule has 0 fully saturated rings.